The van der Waals surface area contributed by atoms with E-state index in [1.807, 2.05) is 13.8 Å². The zero-order chi connectivity index (χ0) is 23.1. The zero-order valence-electron chi connectivity index (χ0n) is 20.1. The number of rotatable bonds is 19. The van der Waals surface area contributed by atoms with Crippen molar-refractivity contribution in [1.29, 1.82) is 0 Å². The summed E-state index contributed by atoms with van der Waals surface area (Å²) in [7, 11) is 0. The SMILES string of the molecule is CC1(COCCC[NH3+])OCC(COCCCCOCC2COC(C)(COCCC[NH3+])O2)O1. The molecule has 0 amide bonds. The molecule has 2 aliphatic heterocycles. The van der Waals surface area contributed by atoms with Gasteiger partial charge in [0.05, 0.1) is 52.7 Å². The van der Waals surface area contributed by atoms with Crippen LogP contribution < -0.4 is 11.5 Å². The van der Waals surface area contributed by atoms with Crippen molar-refractivity contribution in [2.45, 2.75) is 63.3 Å². The van der Waals surface area contributed by atoms with Crippen LogP contribution in [0.15, 0.2) is 0 Å². The highest BCUT2D eigenvalue weighted by atomic mass is 16.8. The summed E-state index contributed by atoms with van der Waals surface area (Å²) in [6.07, 6.45) is 3.64. The van der Waals surface area contributed by atoms with Gasteiger partial charge in [-0.05, 0) is 26.7 Å². The topological polar surface area (TPSA) is 129 Å². The Hall–Kier alpha value is -0.400. The minimum Gasteiger partial charge on any atom is -0.379 e. The average molecular weight is 467 g/mol. The van der Waals surface area contributed by atoms with E-state index in [0.29, 0.717) is 66.1 Å². The van der Waals surface area contributed by atoms with Gasteiger partial charge >= 0.3 is 0 Å². The molecule has 190 valence electrons. The van der Waals surface area contributed by atoms with Crippen LogP contribution in [0.3, 0.4) is 0 Å². The lowest BCUT2D eigenvalue weighted by molar-refractivity contribution is -0.370. The second-order valence-corrected chi connectivity index (χ2v) is 8.75. The summed E-state index contributed by atoms with van der Waals surface area (Å²) in [6.45, 7) is 11.2. The van der Waals surface area contributed by atoms with Gasteiger partial charge in [0.1, 0.15) is 25.4 Å². The first-order valence-electron chi connectivity index (χ1n) is 12.0. The Morgan fingerprint density at radius 1 is 0.656 bits per heavy atom. The van der Waals surface area contributed by atoms with Gasteiger partial charge in [0.15, 0.2) is 11.6 Å². The second kappa shape index (κ2) is 15.5. The Labute approximate surface area is 192 Å². The van der Waals surface area contributed by atoms with E-state index in [-0.39, 0.29) is 12.2 Å². The van der Waals surface area contributed by atoms with Crippen LogP contribution in [0.25, 0.3) is 0 Å². The first kappa shape index (κ1) is 27.8. The fourth-order valence-electron chi connectivity index (χ4n) is 3.46. The first-order valence-corrected chi connectivity index (χ1v) is 12.0. The van der Waals surface area contributed by atoms with Crippen molar-refractivity contribution in [3.8, 4) is 0 Å². The Morgan fingerprint density at radius 2 is 1.06 bits per heavy atom. The van der Waals surface area contributed by atoms with Gasteiger partial charge in [0.25, 0.3) is 0 Å². The fourth-order valence-corrected chi connectivity index (χ4v) is 3.46. The van der Waals surface area contributed by atoms with E-state index in [4.69, 9.17) is 37.9 Å². The van der Waals surface area contributed by atoms with Crippen molar-refractivity contribution in [2.75, 3.05) is 79.2 Å². The number of hydrogen-bond donors (Lipinski definition) is 2. The number of ether oxygens (including phenoxy) is 8. The summed E-state index contributed by atoms with van der Waals surface area (Å²) in [6, 6.07) is 0. The largest absolute Gasteiger partial charge is 0.379 e. The van der Waals surface area contributed by atoms with Crippen molar-refractivity contribution < 1.29 is 49.4 Å². The lowest BCUT2D eigenvalue weighted by atomic mass is 10.3. The molecular formula is C22H46N2O8+2. The van der Waals surface area contributed by atoms with Crippen molar-refractivity contribution in [1.82, 2.24) is 0 Å². The lowest BCUT2D eigenvalue weighted by Gasteiger charge is -2.23. The summed E-state index contributed by atoms with van der Waals surface area (Å²) in [5, 5.41) is 0. The molecule has 10 heteroatoms. The Bertz CT molecular complexity index is 447. The minimum atomic E-state index is -0.676. The molecule has 2 saturated heterocycles. The first-order chi connectivity index (χ1) is 15.5. The quantitative estimate of drug-likeness (QED) is 0.241. The molecule has 2 fully saturated rings. The van der Waals surface area contributed by atoms with Gasteiger partial charge in [0, 0.05) is 26.1 Å². The molecule has 2 rings (SSSR count). The molecule has 4 atom stereocenters. The molecule has 32 heavy (non-hydrogen) atoms. The zero-order valence-corrected chi connectivity index (χ0v) is 20.1. The maximum absolute atomic E-state index is 5.93. The molecule has 2 aliphatic rings. The van der Waals surface area contributed by atoms with Crippen LogP contribution in [0, 0.1) is 0 Å². The van der Waals surface area contributed by atoms with Crippen LogP contribution >= 0.6 is 0 Å². The molecule has 2 heterocycles. The van der Waals surface area contributed by atoms with Crippen molar-refractivity contribution >= 4 is 0 Å². The normalized spacial score (nSPS) is 30.4. The molecule has 0 aromatic carbocycles. The fraction of sp³-hybridized carbons (Fsp3) is 1.00. The number of unbranched alkanes of at least 4 members (excludes halogenated alkanes) is 1. The average Bonchev–Trinajstić information content (AvgIpc) is 3.34. The van der Waals surface area contributed by atoms with Gasteiger partial charge in [-0.2, -0.15) is 0 Å². The van der Waals surface area contributed by atoms with Crippen LogP contribution in [0.5, 0.6) is 0 Å². The monoisotopic (exact) mass is 466 g/mol. The molecule has 0 bridgehead atoms. The predicted molar refractivity (Wildman–Crippen MR) is 116 cm³/mol. The van der Waals surface area contributed by atoms with E-state index >= 15 is 0 Å². The molecule has 0 aliphatic carbocycles. The molecule has 0 aromatic rings. The molecule has 4 unspecified atom stereocenters. The van der Waals surface area contributed by atoms with Crippen LogP contribution in [-0.2, 0) is 37.9 Å². The van der Waals surface area contributed by atoms with E-state index in [9.17, 15) is 0 Å². The molecule has 0 aromatic heterocycles. The van der Waals surface area contributed by atoms with Crippen molar-refractivity contribution in [3.05, 3.63) is 0 Å². The lowest BCUT2D eigenvalue weighted by Crippen LogP contribution is -2.50. The van der Waals surface area contributed by atoms with E-state index < -0.39 is 11.6 Å². The van der Waals surface area contributed by atoms with Crippen molar-refractivity contribution in [3.63, 3.8) is 0 Å². The van der Waals surface area contributed by atoms with Gasteiger partial charge in [-0.3, -0.25) is 0 Å². The van der Waals surface area contributed by atoms with E-state index in [2.05, 4.69) is 11.5 Å². The third-order valence-corrected chi connectivity index (χ3v) is 5.22. The van der Waals surface area contributed by atoms with Gasteiger partial charge in [0.2, 0.25) is 0 Å². The summed E-state index contributed by atoms with van der Waals surface area (Å²) >= 11 is 0. The highest BCUT2D eigenvalue weighted by molar-refractivity contribution is 4.75. The van der Waals surface area contributed by atoms with E-state index in [1.165, 1.54) is 0 Å². The molecule has 0 spiro atoms. The van der Waals surface area contributed by atoms with Crippen molar-refractivity contribution in [2.24, 2.45) is 0 Å². The predicted octanol–water partition coefficient (Wildman–Crippen LogP) is -0.640. The molecule has 6 N–H and O–H groups in total. The summed E-state index contributed by atoms with van der Waals surface area (Å²) in [5.74, 6) is -1.35. The smallest absolute Gasteiger partial charge is 0.189 e. The summed E-state index contributed by atoms with van der Waals surface area (Å²) < 4.78 is 46.0. The third-order valence-electron chi connectivity index (χ3n) is 5.22. The number of hydrogen-bond acceptors (Lipinski definition) is 8. The molecular weight excluding hydrogens is 420 g/mol. The maximum atomic E-state index is 5.93. The summed E-state index contributed by atoms with van der Waals surface area (Å²) in [5.41, 5.74) is 7.61. The maximum Gasteiger partial charge on any atom is 0.189 e. The van der Waals surface area contributed by atoms with Gasteiger partial charge in [-0.15, -0.1) is 0 Å². The van der Waals surface area contributed by atoms with Crippen LogP contribution in [0.1, 0.15) is 39.5 Å². The second-order valence-electron chi connectivity index (χ2n) is 8.75. The van der Waals surface area contributed by atoms with Crippen LogP contribution in [-0.4, -0.2) is 103 Å². The highest BCUT2D eigenvalue weighted by Crippen LogP contribution is 2.25. The molecule has 0 radical (unpaired) electrons. The standard InChI is InChI=1S/C22H44N2O8/c1-21(17-27-11-5-7-23)29-15-19(31-21)13-25-9-3-4-10-26-14-20-16-30-22(2,32-20)18-28-12-6-8-24/h19-20H,3-18,23-24H2,1-2H3/p+2. The Kier molecular flexibility index (Phi) is 13.5. The summed E-state index contributed by atoms with van der Waals surface area (Å²) in [4.78, 5) is 0. The van der Waals surface area contributed by atoms with Gasteiger partial charge in [-0.1, -0.05) is 0 Å². The van der Waals surface area contributed by atoms with E-state index in [0.717, 1.165) is 38.8 Å². The Morgan fingerprint density at radius 3 is 1.47 bits per heavy atom. The minimum absolute atomic E-state index is 0.0517. The van der Waals surface area contributed by atoms with Gasteiger partial charge < -0.3 is 49.4 Å². The molecule has 0 saturated carbocycles. The molecule has 10 nitrogen and oxygen atoms in total. The third kappa shape index (κ3) is 11.1. The van der Waals surface area contributed by atoms with Crippen LogP contribution in [0.4, 0.5) is 0 Å². The highest BCUT2D eigenvalue weighted by Gasteiger charge is 2.38. The van der Waals surface area contributed by atoms with Crippen LogP contribution in [0.2, 0.25) is 0 Å². The number of quaternary nitrogens is 2. The Balaban J connectivity index is 1.41. The van der Waals surface area contributed by atoms with E-state index in [1.54, 1.807) is 0 Å². The van der Waals surface area contributed by atoms with Gasteiger partial charge in [-0.25, -0.2) is 0 Å².